The summed E-state index contributed by atoms with van der Waals surface area (Å²) in [6.07, 6.45) is 2.58. The number of ether oxygens (including phenoxy) is 2. The van der Waals surface area contributed by atoms with E-state index >= 15 is 0 Å². The van der Waals surface area contributed by atoms with Crippen LogP contribution in [0, 0.1) is 5.92 Å². The minimum atomic E-state index is -2.66. The maximum atomic E-state index is 12.5. The van der Waals surface area contributed by atoms with Crippen molar-refractivity contribution in [3.8, 4) is 5.88 Å². The van der Waals surface area contributed by atoms with Gasteiger partial charge in [0.05, 0.1) is 18.2 Å². The van der Waals surface area contributed by atoms with Gasteiger partial charge in [-0.3, -0.25) is 4.79 Å². The molecule has 0 spiro atoms. The van der Waals surface area contributed by atoms with Crippen LogP contribution in [0.2, 0.25) is 0 Å². The number of carboxylic acid groups (broad SMARTS) is 1. The van der Waals surface area contributed by atoms with E-state index in [4.69, 9.17) is 14.6 Å². The molecule has 1 aromatic carbocycles. The van der Waals surface area contributed by atoms with Gasteiger partial charge in [0.1, 0.15) is 5.69 Å². The fourth-order valence-corrected chi connectivity index (χ4v) is 3.79. The average molecular weight is 508 g/mol. The highest BCUT2D eigenvalue weighted by Crippen LogP contribution is 2.26. The standard InChI is InChI=1S/C19H23F2N3O3.C7H12O2/c1-12(2)14-6-4-5-7-15(14)23-19(25)24-16-9-8-13(10-26-3)22-18(16)27-11-17(20)21;8-7(9)6-4-2-1-3-5-6/h4-9,12,17H,10-11H2,1-3H3,(H2,23,24,25);6H,1-5H2,(H,8,9). The molecule has 0 saturated heterocycles. The number of anilines is 2. The number of amides is 2. The molecule has 198 valence electrons. The number of aliphatic carboxylic acids is 1. The predicted molar refractivity (Wildman–Crippen MR) is 134 cm³/mol. The molecule has 2 aromatic rings. The van der Waals surface area contributed by atoms with Gasteiger partial charge in [0.25, 0.3) is 6.43 Å². The SMILES string of the molecule is COCc1ccc(NC(=O)Nc2ccccc2C(C)C)c(OCC(F)F)n1.O=C(O)C1CCCCC1. The molecule has 36 heavy (non-hydrogen) atoms. The van der Waals surface area contributed by atoms with E-state index in [9.17, 15) is 18.4 Å². The minimum absolute atomic E-state index is 0.0289. The average Bonchev–Trinajstić information content (AvgIpc) is 2.85. The van der Waals surface area contributed by atoms with Crippen molar-refractivity contribution in [1.29, 1.82) is 0 Å². The van der Waals surface area contributed by atoms with Gasteiger partial charge in [-0.05, 0) is 42.5 Å². The predicted octanol–water partition coefficient (Wildman–Crippen LogP) is 6.29. The van der Waals surface area contributed by atoms with Gasteiger partial charge < -0.3 is 25.2 Å². The second-order valence-electron chi connectivity index (χ2n) is 8.78. The van der Waals surface area contributed by atoms with Gasteiger partial charge in [0.2, 0.25) is 5.88 Å². The molecule has 0 unspecified atom stereocenters. The van der Waals surface area contributed by atoms with E-state index in [2.05, 4.69) is 15.6 Å². The minimum Gasteiger partial charge on any atom is -0.481 e. The Labute approximate surface area is 210 Å². The Morgan fingerprint density at radius 2 is 1.72 bits per heavy atom. The topological polar surface area (TPSA) is 110 Å². The number of hydrogen-bond donors (Lipinski definition) is 3. The van der Waals surface area contributed by atoms with Crippen LogP contribution in [0.3, 0.4) is 0 Å². The molecule has 1 fully saturated rings. The van der Waals surface area contributed by atoms with Crippen molar-refractivity contribution in [3.63, 3.8) is 0 Å². The van der Waals surface area contributed by atoms with Gasteiger partial charge >= 0.3 is 12.0 Å². The highest BCUT2D eigenvalue weighted by molar-refractivity contribution is 6.01. The Morgan fingerprint density at radius 3 is 2.31 bits per heavy atom. The maximum Gasteiger partial charge on any atom is 0.323 e. The largest absolute Gasteiger partial charge is 0.481 e. The molecule has 3 N–H and O–H groups in total. The number of alkyl halides is 2. The zero-order valence-electron chi connectivity index (χ0n) is 20.9. The number of benzene rings is 1. The number of carbonyl (C=O) groups excluding carboxylic acids is 1. The molecular weight excluding hydrogens is 472 g/mol. The lowest BCUT2D eigenvalue weighted by Crippen LogP contribution is -2.21. The number of carboxylic acids is 1. The summed E-state index contributed by atoms with van der Waals surface area (Å²) in [6.45, 7) is 3.41. The van der Waals surface area contributed by atoms with Crippen molar-refractivity contribution in [1.82, 2.24) is 4.98 Å². The van der Waals surface area contributed by atoms with Crippen LogP contribution in [-0.4, -0.2) is 42.2 Å². The Balaban J connectivity index is 0.000000425. The Kier molecular flexibility index (Phi) is 12.0. The molecule has 1 aromatic heterocycles. The molecule has 0 aliphatic heterocycles. The smallest absolute Gasteiger partial charge is 0.323 e. The monoisotopic (exact) mass is 507 g/mol. The van der Waals surface area contributed by atoms with Crippen LogP contribution in [0.5, 0.6) is 5.88 Å². The second-order valence-corrected chi connectivity index (χ2v) is 8.78. The van der Waals surface area contributed by atoms with E-state index in [0.29, 0.717) is 11.4 Å². The molecule has 10 heteroatoms. The number of rotatable bonds is 9. The number of hydrogen-bond acceptors (Lipinski definition) is 5. The summed E-state index contributed by atoms with van der Waals surface area (Å²) in [6, 6.07) is 10.1. The van der Waals surface area contributed by atoms with Crippen LogP contribution in [0.1, 0.15) is 63.1 Å². The van der Waals surface area contributed by atoms with E-state index in [1.165, 1.54) is 19.6 Å². The van der Waals surface area contributed by atoms with Crippen molar-refractivity contribution < 1.29 is 33.0 Å². The van der Waals surface area contributed by atoms with Gasteiger partial charge in [-0.2, -0.15) is 0 Å². The lowest BCUT2D eigenvalue weighted by atomic mass is 9.90. The van der Waals surface area contributed by atoms with Crippen LogP contribution in [0.15, 0.2) is 36.4 Å². The number of urea groups is 1. The van der Waals surface area contributed by atoms with Crippen molar-refractivity contribution in [3.05, 3.63) is 47.7 Å². The third-order valence-corrected chi connectivity index (χ3v) is 5.59. The zero-order valence-corrected chi connectivity index (χ0v) is 20.9. The van der Waals surface area contributed by atoms with Crippen LogP contribution in [-0.2, 0) is 16.1 Å². The fourth-order valence-electron chi connectivity index (χ4n) is 3.79. The van der Waals surface area contributed by atoms with Crippen molar-refractivity contribution >= 4 is 23.4 Å². The van der Waals surface area contributed by atoms with E-state index in [1.54, 1.807) is 12.1 Å². The van der Waals surface area contributed by atoms with Crippen molar-refractivity contribution in [2.24, 2.45) is 5.92 Å². The lowest BCUT2D eigenvalue weighted by Gasteiger charge is -2.16. The first-order chi connectivity index (χ1) is 17.2. The summed E-state index contributed by atoms with van der Waals surface area (Å²) in [7, 11) is 1.49. The molecule has 1 aliphatic rings. The summed E-state index contributed by atoms with van der Waals surface area (Å²) in [5.41, 5.74) is 2.34. The normalized spacial score (nSPS) is 13.6. The van der Waals surface area contributed by atoms with Crippen molar-refractivity contribution in [2.45, 2.75) is 64.9 Å². The van der Waals surface area contributed by atoms with Gasteiger partial charge in [0, 0.05) is 12.8 Å². The highest BCUT2D eigenvalue weighted by Gasteiger charge is 2.19. The number of nitrogens with one attached hydrogen (secondary N) is 2. The molecule has 1 saturated carbocycles. The molecule has 8 nitrogen and oxygen atoms in total. The Morgan fingerprint density at radius 1 is 1.06 bits per heavy atom. The zero-order chi connectivity index (χ0) is 26.5. The van der Waals surface area contributed by atoms with Gasteiger partial charge in [-0.25, -0.2) is 18.6 Å². The highest BCUT2D eigenvalue weighted by atomic mass is 19.3. The summed E-state index contributed by atoms with van der Waals surface area (Å²) in [5, 5.41) is 13.9. The third-order valence-electron chi connectivity index (χ3n) is 5.59. The number of halogens is 2. The summed E-state index contributed by atoms with van der Waals surface area (Å²) in [5.74, 6) is -0.493. The Bertz CT molecular complexity index is 982. The number of pyridine rings is 1. The van der Waals surface area contributed by atoms with E-state index < -0.39 is 25.0 Å². The quantitative estimate of drug-likeness (QED) is 0.368. The number of nitrogens with zero attached hydrogens (tertiary/aromatic N) is 1. The summed E-state index contributed by atoms with van der Waals surface area (Å²) >= 11 is 0. The molecule has 2 amide bonds. The van der Waals surface area contributed by atoms with Gasteiger partial charge in [0.15, 0.2) is 6.61 Å². The number of carbonyl (C=O) groups is 2. The number of para-hydroxylation sites is 1. The van der Waals surface area contributed by atoms with Crippen LogP contribution >= 0.6 is 0 Å². The summed E-state index contributed by atoms with van der Waals surface area (Å²) < 4.78 is 35.0. The maximum absolute atomic E-state index is 12.5. The third kappa shape index (κ3) is 9.77. The molecule has 0 atom stereocenters. The van der Waals surface area contributed by atoms with Crippen LogP contribution in [0.4, 0.5) is 25.0 Å². The first kappa shape index (κ1) is 29.0. The Hall–Kier alpha value is -3.27. The lowest BCUT2D eigenvalue weighted by molar-refractivity contribution is -0.142. The fraction of sp³-hybridized carbons (Fsp3) is 0.500. The number of aromatic nitrogens is 1. The van der Waals surface area contributed by atoms with Gasteiger partial charge in [-0.1, -0.05) is 51.3 Å². The van der Waals surface area contributed by atoms with Crippen molar-refractivity contribution in [2.75, 3.05) is 24.4 Å². The van der Waals surface area contributed by atoms with Gasteiger partial charge in [-0.15, -0.1) is 0 Å². The molecule has 0 bridgehead atoms. The van der Waals surface area contributed by atoms with Crippen LogP contribution < -0.4 is 15.4 Å². The molecule has 1 aliphatic carbocycles. The number of methoxy groups -OCH3 is 1. The molecule has 0 radical (unpaired) electrons. The molecule has 3 rings (SSSR count). The van der Waals surface area contributed by atoms with E-state index in [0.717, 1.165) is 31.2 Å². The van der Waals surface area contributed by atoms with Crippen LogP contribution in [0.25, 0.3) is 0 Å². The van der Waals surface area contributed by atoms with E-state index in [1.807, 2.05) is 32.0 Å². The molecular formula is C26H35F2N3O5. The first-order valence-corrected chi connectivity index (χ1v) is 12.0. The second kappa shape index (κ2) is 15.0. The molecule has 1 heterocycles. The van der Waals surface area contributed by atoms with E-state index in [-0.39, 0.29) is 30.0 Å². The first-order valence-electron chi connectivity index (χ1n) is 12.0. The summed E-state index contributed by atoms with van der Waals surface area (Å²) in [4.78, 5) is 26.9.